The highest BCUT2D eigenvalue weighted by atomic mass is 127. The van der Waals surface area contributed by atoms with Gasteiger partial charge in [-0.25, -0.2) is 4.39 Å². The van der Waals surface area contributed by atoms with E-state index < -0.39 is 17.4 Å². The van der Waals surface area contributed by atoms with Crippen LogP contribution in [0.1, 0.15) is 31.1 Å². The summed E-state index contributed by atoms with van der Waals surface area (Å²) in [5.74, 6) is -1.18. The van der Waals surface area contributed by atoms with Gasteiger partial charge in [-0.1, -0.05) is 0 Å². The minimum absolute atomic E-state index is 0.141. The second-order valence-corrected chi connectivity index (χ2v) is 7.90. The van der Waals surface area contributed by atoms with Crippen LogP contribution in [0, 0.1) is 9.39 Å². The molecule has 0 unspecified atom stereocenters. The summed E-state index contributed by atoms with van der Waals surface area (Å²) in [6.07, 6.45) is 0. The molecule has 7 heteroatoms. The van der Waals surface area contributed by atoms with Gasteiger partial charge in [-0.3, -0.25) is 9.59 Å². The lowest BCUT2D eigenvalue weighted by atomic mass is 10.2. The van der Waals surface area contributed by atoms with E-state index in [0.717, 1.165) is 0 Å². The standard InChI is InChI=1S/C17H24FIN2O3/c1-17(2,3)24-15(22)11-21(9-8-20(4)5)16(23)13-7-6-12(18)10-14(13)19/h6-7,10H,8-9,11H2,1-5H3. The molecule has 0 heterocycles. The molecule has 1 rings (SSSR count). The van der Waals surface area contributed by atoms with Crippen LogP contribution >= 0.6 is 22.6 Å². The third-order valence-electron chi connectivity index (χ3n) is 3.01. The van der Waals surface area contributed by atoms with Crippen molar-refractivity contribution in [3.05, 3.63) is 33.1 Å². The third kappa shape index (κ3) is 7.12. The minimum Gasteiger partial charge on any atom is -0.459 e. The zero-order valence-corrected chi connectivity index (χ0v) is 16.9. The van der Waals surface area contributed by atoms with E-state index in [9.17, 15) is 14.0 Å². The van der Waals surface area contributed by atoms with Gasteiger partial charge >= 0.3 is 5.97 Å². The van der Waals surface area contributed by atoms with Crippen LogP contribution in [0.3, 0.4) is 0 Å². The lowest BCUT2D eigenvalue weighted by Gasteiger charge is -2.26. The summed E-state index contributed by atoms with van der Waals surface area (Å²) in [4.78, 5) is 28.2. The highest BCUT2D eigenvalue weighted by molar-refractivity contribution is 14.1. The fourth-order valence-electron chi connectivity index (χ4n) is 1.94. The molecule has 134 valence electrons. The van der Waals surface area contributed by atoms with Gasteiger partial charge in [-0.05, 0) is 75.7 Å². The molecular formula is C17H24FIN2O3. The predicted octanol–water partition coefficient (Wildman–Crippen LogP) is 2.78. The average molecular weight is 450 g/mol. The molecule has 1 amide bonds. The number of carbonyl (C=O) groups is 2. The predicted molar refractivity (Wildman–Crippen MR) is 99.4 cm³/mol. The third-order valence-corrected chi connectivity index (χ3v) is 3.90. The van der Waals surface area contributed by atoms with Crippen LogP contribution < -0.4 is 0 Å². The fraction of sp³-hybridized carbons (Fsp3) is 0.529. The Morgan fingerprint density at radius 3 is 2.33 bits per heavy atom. The van der Waals surface area contributed by atoms with Gasteiger partial charge in [0.05, 0.1) is 5.56 Å². The van der Waals surface area contributed by atoms with E-state index in [-0.39, 0.29) is 12.5 Å². The Hall–Kier alpha value is -1.22. The highest BCUT2D eigenvalue weighted by Crippen LogP contribution is 2.17. The lowest BCUT2D eigenvalue weighted by molar-refractivity contribution is -0.155. The Kier molecular flexibility index (Phi) is 7.59. The lowest BCUT2D eigenvalue weighted by Crippen LogP contribution is -2.42. The van der Waals surface area contributed by atoms with Gasteiger partial charge in [0.2, 0.25) is 0 Å². The number of ether oxygens (including phenoxy) is 1. The first-order valence-electron chi connectivity index (χ1n) is 7.60. The van der Waals surface area contributed by atoms with Gasteiger partial charge in [0.15, 0.2) is 0 Å². The van der Waals surface area contributed by atoms with Crippen LogP contribution in [0.15, 0.2) is 18.2 Å². The molecular weight excluding hydrogens is 426 g/mol. The summed E-state index contributed by atoms with van der Waals surface area (Å²) in [6, 6.07) is 3.98. The van der Waals surface area contributed by atoms with Crippen LogP contribution in [-0.2, 0) is 9.53 Å². The summed E-state index contributed by atoms with van der Waals surface area (Å²) in [7, 11) is 3.77. The quantitative estimate of drug-likeness (QED) is 0.494. The molecule has 0 spiro atoms. The van der Waals surface area contributed by atoms with E-state index >= 15 is 0 Å². The van der Waals surface area contributed by atoms with Gasteiger partial charge in [-0.2, -0.15) is 0 Å². The van der Waals surface area contributed by atoms with Crippen molar-refractivity contribution in [2.45, 2.75) is 26.4 Å². The van der Waals surface area contributed by atoms with Crippen molar-refractivity contribution in [2.75, 3.05) is 33.7 Å². The van der Waals surface area contributed by atoms with Crippen LogP contribution in [-0.4, -0.2) is 61.0 Å². The summed E-state index contributed by atoms with van der Waals surface area (Å²) in [5, 5.41) is 0. The van der Waals surface area contributed by atoms with E-state index in [4.69, 9.17) is 4.74 Å². The van der Waals surface area contributed by atoms with Crippen molar-refractivity contribution in [1.82, 2.24) is 9.80 Å². The van der Waals surface area contributed by atoms with Crippen molar-refractivity contribution in [3.8, 4) is 0 Å². The fourth-order valence-corrected chi connectivity index (χ4v) is 2.64. The number of esters is 1. The number of hydrogen-bond donors (Lipinski definition) is 0. The number of benzene rings is 1. The van der Waals surface area contributed by atoms with Crippen LogP contribution in [0.25, 0.3) is 0 Å². The molecule has 1 aromatic rings. The number of likely N-dealkylation sites (N-methyl/N-ethyl adjacent to an activating group) is 1. The van der Waals surface area contributed by atoms with Crippen LogP contribution in [0.4, 0.5) is 4.39 Å². The van der Waals surface area contributed by atoms with Gasteiger partial charge < -0.3 is 14.5 Å². The Morgan fingerprint density at radius 2 is 1.83 bits per heavy atom. The zero-order chi connectivity index (χ0) is 18.5. The molecule has 0 saturated heterocycles. The zero-order valence-electron chi connectivity index (χ0n) is 14.7. The summed E-state index contributed by atoms with van der Waals surface area (Å²) in [6.45, 7) is 6.17. The number of halogens is 2. The molecule has 0 saturated carbocycles. The molecule has 0 N–H and O–H groups in total. The van der Waals surface area contributed by atoms with E-state index in [2.05, 4.69) is 0 Å². The molecule has 0 bridgehead atoms. The molecule has 24 heavy (non-hydrogen) atoms. The Bertz CT molecular complexity index is 600. The van der Waals surface area contributed by atoms with Crippen molar-refractivity contribution >= 4 is 34.5 Å². The number of hydrogen-bond acceptors (Lipinski definition) is 4. The normalized spacial score (nSPS) is 11.5. The largest absolute Gasteiger partial charge is 0.459 e. The molecule has 0 atom stereocenters. The molecule has 0 aliphatic carbocycles. The minimum atomic E-state index is -0.613. The van der Waals surface area contributed by atoms with Gasteiger partial charge in [-0.15, -0.1) is 0 Å². The van der Waals surface area contributed by atoms with E-state index in [1.807, 2.05) is 41.6 Å². The monoisotopic (exact) mass is 450 g/mol. The number of carbonyl (C=O) groups excluding carboxylic acids is 2. The van der Waals surface area contributed by atoms with Gasteiger partial charge in [0, 0.05) is 16.7 Å². The Balaban J connectivity index is 2.95. The number of nitrogens with zero attached hydrogens (tertiary/aromatic N) is 2. The first kappa shape index (κ1) is 20.8. The smallest absolute Gasteiger partial charge is 0.326 e. The average Bonchev–Trinajstić information content (AvgIpc) is 2.40. The van der Waals surface area contributed by atoms with Gasteiger partial charge in [0.25, 0.3) is 5.91 Å². The maximum absolute atomic E-state index is 13.3. The first-order valence-corrected chi connectivity index (χ1v) is 8.68. The van der Waals surface area contributed by atoms with E-state index in [1.165, 1.54) is 23.1 Å². The second kappa shape index (κ2) is 8.75. The molecule has 0 aliphatic rings. The first-order chi connectivity index (χ1) is 11.0. The van der Waals surface area contributed by atoms with E-state index in [0.29, 0.717) is 22.2 Å². The van der Waals surface area contributed by atoms with Crippen LogP contribution in [0.2, 0.25) is 0 Å². The summed E-state index contributed by atoms with van der Waals surface area (Å²) in [5.41, 5.74) is -0.239. The van der Waals surface area contributed by atoms with Gasteiger partial charge in [0.1, 0.15) is 18.0 Å². The van der Waals surface area contributed by atoms with Crippen molar-refractivity contribution in [2.24, 2.45) is 0 Å². The maximum atomic E-state index is 13.3. The summed E-state index contributed by atoms with van der Waals surface area (Å²) >= 11 is 1.92. The Labute approximate surface area is 156 Å². The van der Waals surface area contributed by atoms with E-state index in [1.54, 1.807) is 20.8 Å². The second-order valence-electron chi connectivity index (χ2n) is 6.74. The number of amides is 1. The maximum Gasteiger partial charge on any atom is 0.326 e. The molecule has 0 fully saturated rings. The highest BCUT2D eigenvalue weighted by Gasteiger charge is 2.24. The molecule has 0 aliphatic heterocycles. The van der Waals surface area contributed by atoms with Crippen molar-refractivity contribution < 1.29 is 18.7 Å². The topological polar surface area (TPSA) is 49.9 Å². The van der Waals surface area contributed by atoms with Crippen molar-refractivity contribution in [1.29, 1.82) is 0 Å². The molecule has 0 aromatic heterocycles. The SMILES string of the molecule is CN(C)CCN(CC(=O)OC(C)(C)C)C(=O)c1ccc(F)cc1I. The summed E-state index contributed by atoms with van der Waals surface area (Å²) < 4.78 is 19.1. The van der Waals surface area contributed by atoms with Crippen molar-refractivity contribution in [3.63, 3.8) is 0 Å². The number of rotatable bonds is 6. The van der Waals surface area contributed by atoms with Crippen LogP contribution in [0.5, 0.6) is 0 Å². The molecule has 1 aromatic carbocycles. The molecule has 0 radical (unpaired) electrons. The molecule has 5 nitrogen and oxygen atoms in total. The Morgan fingerprint density at radius 1 is 1.21 bits per heavy atom.